The van der Waals surface area contributed by atoms with Crippen molar-refractivity contribution in [2.45, 2.75) is 70.3 Å². The van der Waals surface area contributed by atoms with Crippen LogP contribution in [0.15, 0.2) is 0 Å². The van der Waals surface area contributed by atoms with Crippen LogP contribution in [0.2, 0.25) is 0 Å². The lowest BCUT2D eigenvalue weighted by Gasteiger charge is -2.38. The molecule has 102 valence electrons. The van der Waals surface area contributed by atoms with Crippen molar-refractivity contribution in [3.05, 3.63) is 0 Å². The van der Waals surface area contributed by atoms with Gasteiger partial charge in [0.1, 0.15) is 5.78 Å². The Bertz CT molecular complexity index is 317. The summed E-state index contributed by atoms with van der Waals surface area (Å²) in [6, 6.07) is 0. The molecule has 2 saturated carbocycles. The van der Waals surface area contributed by atoms with E-state index in [9.17, 15) is 4.79 Å². The fraction of sp³-hybridized carbons (Fsp3) is 0.938. The monoisotopic (exact) mass is 250 g/mol. The average Bonchev–Trinajstić information content (AvgIpc) is 2.98. The van der Waals surface area contributed by atoms with Gasteiger partial charge in [-0.2, -0.15) is 0 Å². The first-order valence-corrected chi connectivity index (χ1v) is 7.88. The normalized spacial score (nSPS) is 39.3. The number of hydrogen-bond donors (Lipinski definition) is 0. The Kier molecular flexibility index (Phi) is 3.48. The molecule has 3 aliphatic rings. The number of ketones is 1. The zero-order valence-electron chi connectivity index (χ0n) is 11.6. The van der Waals surface area contributed by atoms with Gasteiger partial charge in [-0.15, -0.1) is 0 Å². The zero-order chi connectivity index (χ0) is 12.6. The van der Waals surface area contributed by atoms with Crippen molar-refractivity contribution in [1.82, 2.24) is 0 Å². The smallest absolute Gasteiger partial charge is 0.139 e. The molecule has 0 amide bonds. The minimum absolute atomic E-state index is 0.0976. The summed E-state index contributed by atoms with van der Waals surface area (Å²) < 4.78 is 6.04. The highest BCUT2D eigenvalue weighted by Gasteiger charge is 2.44. The Morgan fingerprint density at radius 2 is 1.89 bits per heavy atom. The number of rotatable bonds is 2. The summed E-state index contributed by atoms with van der Waals surface area (Å²) in [5.41, 5.74) is 0.0976. The molecule has 1 heterocycles. The first kappa shape index (κ1) is 12.7. The van der Waals surface area contributed by atoms with Gasteiger partial charge in [0, 0.05) is 18.4 Å². The Balaban J connectivity index is 1.66. The van der Waals surface area contributed by atoms with Crippen molar-refractivity contribution in [2.24, 2.45) is 17.8 Å². The minimum atomic E-state index is 0.0976. The third kappa shape index (κ3) is 2.24. The highest BCUT2D eigenvalue weighted by molar-refractivity contribution is 5.84. The average molecular weight is 250 g/mol. The van der Waals surface area contributed by atoms with Crippen LogP contribution in [0.4, 0.5) is 0 Å². The van der Waals surface area contributed by atoms with Gasteiger partial charge < -0.3 is 4.74 Å². The zero-order valence-corrected chi connectivity index (χ0v) is 11.6. The van der Waals surface area contributed by atoms with Crippen LogP contribution in [0.25, 0.3) is 0 Å². The van der Waals surface area contributed by atoms with Crippen molar-refractivity contribution >= 4 is 5.78 Å². The molecule has 0 aromatic heterocycles. The summed E-state index contributed by atoms with van der Waals surface area (Å²) in [4.78, 5) is 12.7. The molecule has 2 nitrogen and oxygen atoms in total. The van der Waals surface area contributed by atoms with Crippen LogP contribution < -0.4 is 0 Å². The molecule has 1 spiro atoms. The molecule has 3 atom stereocenters. The highest BCUT2D eigenvalue weighted by atomic mass is 16.5. The summed E-state index contributed by atoms with van der Waals surface area (Å²) in [7, 11) is 0. The standard InChI is InChI=1S/C16H26O2/c1-12-5-4-6-14(12)15(17)13-7-10-18-16(11-13)8-2-3-9-16/h12-14H,2-11H2,1H3. The third-order valence-corrected chi connectivity index (χ3v) is 5.64. The summed E-state index contributed by atoms with van der Waals surface area (Å²) >= 11 is 0. The van der Waals surface area contributed by atoms with E-state index in [1.807, 2.05) is 0 Å². The van der Waals surface area contributed by atoms with Crippen molar-refractivity contribution < 1.29 is 9.53 Å². The summed E-state index contributed by atoms with van der Waals surface area (Å²) in [5.74, 6) is 1.88. The van der Waals surface area contributed by atoms with Crippen LogP contribution in [-0.4, -0.2) is 18.0 Å². The Labute approximate surface area is 110 Å². The molecule has 3 rings (SSSR count). The Hall–Kier alpha value is -0.370. The quantitative estimate of drug-likeness (QED) is 0.746. The van der Waals surface area contributed by atoms with Gasteiger partial charge in [-0.25, -0.2) is 0 Å². The van der Waals surface area contributed by atoms with Crippen molar-refractivity contribution in [2.75, 3.05) is 6.61 Å². The molecular formula is C16H26O2. The topological polar surface area (TPSA) is 26.3 Å². The number of carbonyl (C=O) groups excluding carboxylic acids is 1. The molecule has 0 N–H and O–H groups in total. The van der Waals surface area contributed by atoms with Gasteiger partial charge >= 0.3 is 0 Å². The highest BCUT2D eigenvalue weighted by Crippen LogP contribution is 2.44. The van der Waals surface area contributed by atoms with Gasteiger partial charge in [-0.05, 0) is 44.4 Å². The molecule has 3 unspecified atom stereocenters. The maximum Gasteiger partial charge on any atom is 0.139 e. The Morgan fingerprint density at radius 1 is 1.11 bits per heavy atom. The fourth-order valence-electron chi connectivity index (χ4n) is 4.51. The lowest BCUT2D eigenvalue weighted by atomic mass is 9.77. The van der Waals surface area contributed by atoms with E-state index >= 15 is 0 Å². The van der Waals surface area contributed by atoms with Crippen LogP contribution >= 0.6 is 0 Å². The predicted molar refractivity (Wildman–Crippen MR) is 71.4 cm³/mol. The summed E-state index contributed by atoms with van der Waals surface area (Å²) in [6.45, 7) is 3.08. The van der Waals surface area contributed by atoms with E-state index in [4.69, 9.17) is 4.74 Å². The molecule has 1 aliphatic heterocycles. The molecule has 0 bridgehead atoms. The van der Waals surface area contributed by atoms with Gasteiger partial charge in [0.05, 0.1) is 5.60 Å². The number of Topliss-reactive ketones (excluding diaryl/α,β-unsaturated/α-hetero) is 1. The molecule has 0 aromatic rings. The molecule has 18 heavy (non-hydrogen) atoms. The molecule has 0 radical (unpaired) electrons. The van der Waals surface area contributed by atoms with Crippen LogP contribution in [0.5, 0.6) is 0 Å². The van der Waals surface area contributed by atoms with Crippen molar-refractivity contribution in [1.29, 1.82) is 0 Å². The fourth-order valence-corrected chi connectivity index (χ4v) is 4.51. The number of ether oxygens (including phenoxy) is 1. The number of carbonyl (C=O) groups is 1. The SMILES string of the molecule is CC1CCCC1C(=O)C1CCOC2(CCCC2)C1. The predicted octanol–water partition coefficient (Wildman–Crippen LogP) is 3.73. The van der Waals surface area contributed by atoms with Gasteiger partial charge in [-0.1, -0.05) is 26.2 Å². The van der Waals surface area contributed by atoms with Gasteiger partial charge in [-0.3, -0.25) is 4.79 Å². The van der Waals surface area contributed by atoms with E-state index in [1.165, 1.54) is 38.5 Å². The first-order chi connectivity index (χ1) is 8.70. The van der Waals surface area contributed by atoms with E-state index in [2.05, 4.69) is 6.92 Å². The molecule has 2 heteroatoms. The van der Waals surface area contributed by atoms with Crippen LogP contribution in [0.1, 0.15) is 64.7 Å². The van der Waals surface area contributed by atoms with E-state index < -0.39 is 0 Å². The molecular weight excluding hydrogens is 224 g/mol. The molecule has 1 saturated heterocycles. The first-order valence-electron chi connectivity index (χ1n) is 7.88. The van der Waals surface area contributed by atoms with Crippen molar-refractivity contribution in [3.63, 3.8) is 0 Å². The summed E-state index contributed by atoms with van der Waals surface area (Å²) in [6.07, 6.45) is 10.6. The van der Waals surface area contributed by atoms with E-state index in [0.717, 1.165) is 25.9 Å². The van der Waals surface area contributed by atoms with Gasteiger partial charge in [0.15, 0.2) is 0 Å². The largest absolute Gasteiger partial charge is 0.375 e. The van der Waals surface area contributed by atoms with Crippen LogP contribution in [0, 0.1) is 17.8 Å². The second-order valence-electron chi connectivity index (χ2n) is 6.85. The lowest BCUT2D eigenvalue weighted by Crippen LogP contribution is -2.41. The number of hydrogen-bond acceptors (Lipinski definition) is 2. The minimum Gasteiger partial charge on any atom is -0.375 e. The molecule has 0 aromatic carbocycles. The van der Waals surface area contributed by atoms with Crippen LogP contribution in [-0.2, 0) is 9.53 Å². The maximum absolute atomic E-state index is 12.7. The van der Waals surface area contributed by atoms with E-state index in [1.54, 1.807) is 0 Å². The van der Waals surface area contributed by atoms with Crippen LogP contribution in [0.3, 0.4) is 0 Å². The lowest BCUT2D eigenvalue weighted by molar-refractivity contribution is -0.140. The maximum atomic E-state index is 12.7. The second kappa shape index (κ2) is 4.96. The van der Waals surface area contributed by atoms with Gasteiger partial charge in [0.2, 0.25) is 0 Å². The summed E-state index contributed by atoms with van der Waals surface area (Å²) in [5, 5.41) is 0. The molecule has 2 aliphatic carbocycles. The Morgan fingerprint density at radius 3 is 2.56 bits per heavy atom. The van der Waals surface area contributed by atoms with Crippen molar-refractivity contribution in [3.8, 4) is 0 Å². The molecule has 3 fully saturated rings. The third-order valence-electron chi connectivity index (χ3n) is 5.64. The van der Waals surface area contributed by atoms with Gasteiger partial charge in [0.25, 0.3) is 0 Å². The second-order valence-corrected chi connectivity index (χ2v) is 6.85. The van der Waals surface area contributed by atoms with E-state index in [-0.39, 0.29) is 5.60 Å². The van der Waals surface area contributed by atoms with E-state index in [0.29, 0.717) is 23.5 Å².